The molecule has 0 saturated heterocycles. The van der Waals surface area contributed by atoms with E-state index in [-0.39, 0.29) is 0 Å². The maximum Gasteiger partial charge on any atom is 0.135 e. The molecule has 0 spiro atoms. The Morgan fingerprint density at radius 2 is 0.779 bits per heavy atom. The molecule has 0 bridgehead atoms. The van der Waals surface area contributed by atoms with Crippen LogP contribution in [0.2, 0.25) is 0 Å². The third-order valence-electron chi connectivity index (χ3n) is 16.4. The Morgan fingerprint density at radius 1 is 0.279 bits per heavy atom. The minimum absolute atomic E-state index is 0.369. The van der Waals surface area contributed by atoms with Gasteiger partial charge in [-0.15, -0.1) is 0 Å². The topological polar surface area (TPSA) is 155 Å². The minimum atomic E-state index is 0.369. The number of hydrogen-bond acceptors (Lipinski definition) is 7. The molecule has 0 fully saturated rings. The molecule has 12 aromatic carbocycles. The molecule has 4 heterocycles. The first-order valence-electron chi connectivity index (χ1n) is 27.8. The Bertz CT molecular complexity index is 5650. The molecule has 0 atom stereocenters. The molecule has 9 nitrogen and oxygen atoms in total. The lowest BCUT2D eigenvalue weighted by atomic mass is 9.87. The largest absolute Gasteiger partial charge is 0.456 e. The molecule has 0 aliphatic rings. The highest BCUT2D eigenvalue weighted by Gasteiger charge is 2.24. The number of para-hydroxylation sites is 7. The normalized spacial score (nSPS) is 11.2. The highest BCUT2D eigenvalue weighted by Crippen LogP contribution is 2.44. The van der Waals surface area contributed by atoms with E-state index in [2.05, 4.69) is 130 Å². The Balaban J connectivity index is 0.000000145. The zero-order valence-electron chi connectivity index (χ0n) is 45.6. The standard InChI is InChI=1S/C39H20N4O.C38H21N3O/c40-21-25-16-18-27(33(23-42)38(25)24-17-19-37-32(20-24)30-11-3-6-15-36(30)44-37)31-12-7-8-26(22-41)39(31)43-34-13-4-1-9-28(34)29-10-2-5-14-35(29)43;39-22-24-13-15-37-32(19-24)33-21-26(14-16-38(33)42-37)27-17-25(23-40)18-28(20-27)29-7-1-4-10-34(29)41-35-11-5-2-8-30(35)31-9-3-6-12-36(31)41/h1-20H;1-21H. The maximum atomic E-state index is 10.7. The number of aromatic nitrogens is 2. The van der Waals surface area contributed by atoms with Crippen LogP contribution in [0.4, 0.5) is 0 Å². The molecule has 0 unspecified atom stereocenters. The highest BCUT2D eigenvalue weighted by atomic mass is 16.3. The lowest BCUT2D eigenvalue weighted by Gasteiger charge is -2.18. The second-order valence-corrected chi connectivity index (χ2v) is 21.1. The van der Waals surface area contributed by atoms with Crippen LogP contribution >= 0.6 is 0 Å². The van der Waals surface area contributed by atoms with E-state index in [0.717, 1.165) is 116 Å². The number of benzene rings is 12. The number of fused-ring (bicyclic) bond motifs is 12. The second kappa shape index (κ2) is 20.4. The van der Waals surface area contributed by atoms with Crippen LogP contribution in [0.15, 0.2) is 258 Å². The van der Waals surface area contributed by atoms with Gasteiger partial charge in [-0.1, -0.05) is 140 Å². The summed E-state index contributed by atoms with van der Waals surface area (Å²) in [6, 6.07) is 93.7. The number of nitriles is 5. The summed E-state index contributed by atoms with van der Waals surface area (Å²) < 4.78 is 16.5. The summed E-state index contributed by atoms with van der Waals surface area (Å²) in [6.45, 7) is 0. The molecular weight excluding hydrogens is 1050 g/mol. The van der Waals surface area contributed by atoms with E-state index >= 15 is 0 Å². The number of furan rings is 2. The van der Waals surface area contributed by atoms with Gasteiger partial charge in [-0.2, -0.15) is 26.3 Å². The van der Waals surface area contributed by atoms with Crippen LogP contribution in [0.1, 0.15) is 27.8 Å². The van der Waals surface area contributed by atoms with Crippen molar-refractivity contribution < 1.29 is 8.83 Å². The minimum Gasteiger partial charge on any atom is -0.456 e. The van der Waals surface area contributed by atoms with Gasteiger partial charge in [-0.25, -0.2) is 0 Å². The van der Waals surface area contributed by atoms with Crippen molar-refractivity contribution in [2.24, 2.45) is 0 Å². The van der Waals surface area contributed by atoms with Gasteiger partial charge < -0.3 is 18.0 Å². The lowest BCUT2D eigenvalue weighted by molar-refractivity contribution is 0.668. The first kappa shape index (κ1) is 50.3. The van der Waals surface area contributed by atoms with Crippen molar-refractivity contribution in [3.05, 3.63) is 277 Å². The van der Waals surface area contributed by atoms with Crippen LogP contribution in [-0.2, 0) is 0 Å². The number of hydrogen-bond donors (Lipinski definition) is 0. The van der Waals surface area contributed by atoms with Gasteiger partial charge in [0.05, 0.1) is 79.5 Å². The maximum absolute atomic E-state index is 10.7. The molecular formula is C77H41N7O2. The van der Waals surface area contributed by atoms with Crippen molar-refractivity contribution in [2.45, 2.75) is 0 Å². The fourth-order valence-corrected chi connectivity index (χ4v) is 12.6. The SMILES string of the molecule is N#Cc1cc(-c2ccc3oc4ccc(C#N)cc4c3c2)cc(-c2ccccc2-n2c3ccccc3c3ccccc32)c1.N#Cc1ccc(-c2cccc(C#N)c2-n2c3ccccc3c3ccccc32)c(C#N)c1-c1ccc2oc3ccccc3c2c1. The predicted molar refractivity (Wildman–Crippen MR) is 341 cm³/mol. The molecule has 9 heteroatoms. The summed E-state index contributed by atoms with van der Waals surface area (Å²) in [7, 11) is 0. The van der Waals surface area contributed by atoms with Crippen molar-refractivity contribution >= 4 is 87.5 Å². The molecule has 0 radical (unpaired) electrons. The third kappa shape index (κ3) is 8.04. The zero-order valence-corrected chi connectivity index (χ0v) is 45.6. The van der Waals surface area contributed by atoms with Crippen LogP contribution < -0.4 is 0 Å². The summed E-state index contributed by atoms with van der Waals surface area (Å²) >= 11 is 0. The number of nitrogens with zero attached hydrogens (tertiary/aromatic N) is 7. The van der Waals surface area contributed by atoms with E-state index in [0.29, 0.717) is 44.6 Å². The zero-order chi connectivity index (χ0) is 58.0. The summed E-state index contributed by atoms with van der Waals surface area (Å²) in [6.07, 6.45) is 0. The fourth-order valence-electron chi connectivity index (χ4n) is 12.6. The lowest BCUT2D eigenvalue weighted by Crippen LogP contribution is -2.02. The molecule has 0 aliphatic carbocycles. The Labute approximate surface area is 492 Å². The molecule has 396 valence electrons. The van der Waals surface area contributed by atoms with E-state index in [1.807, 2.05) is 140 Å². The monoisotopic (exact) mass is 1100 g/mol. The molecule has 0 saturated carbocycles. The van der Waals surface area contributed by atoms with Gasteiger partial charge in [0, 0.05) is 65.3 Å². The molecule has 16 aromatic rings. The van der Waals surface area contributed by atoms with Crippen LogP contribution in [0.25, 0.3) is 143 Å². The quantitative estimate of drug-likeness (QED) is 0.160. The Morgan fingerprint density at radius 3 is 1.41 bits per heavy atom. The van der Waals surface area contributed by atoms with Crippen molar-refractivity contribution in [2.75, 3.05) is 0 Å². The van der Waals surface area contributed by atoms with Gasteiger partial charge in [-0.3, -0.25) is 0 Å². The molecule has 0 amide bonds. The molecule has 0 aliphatic heterocycles. The summed E-state index contributed by atoms with van der Waals surface area (Å²) in [5, 5.41) is 59.0. The summed E-state index contributed by atoms with van der Waals surface area (Å²) in [5.74, 6) is 0. The average molecular weight is 1100 g/mol. The first-order chi connectivity index (χ1) is 42.4. The van der Waals surface area contributed by atoms with Gasteiger partial charge in [0.15, 0.2) is 0 Å². The molecule has 16 rings (SSSR count). The second-order valence-electron chi connectivity index (χ2n) is 21.1. The van der Waals surface area contributed by atoms with E-state index in [1.165, 1.54) is 10.8 Å². The van der Waals surface area contributed by atoms with E-state index < -0.39 is 0 Å². The van der Waals surface area contributed by atoms with Gasteiger partial charge in [0.1, 0.15) is 34.5 Å². The van der Waals surface area contributed by atoms with Crippen molar-refractivity contribution in [3.63, 3.8) is 0 Å². The van der Waals surface area contributed by atoms with Crippen LogP contribution in [0, 0.1) is 56.7 Å². The van der Waals surface area contributed by atoms with Crippen LogP contribution in [-0.4, -0.2) is 9.13 Å². The highest BCUT2D eigenvalue weighted by molar-refractivity contribution is 6.12. The smallest absolute Gasteiger partial charge is 0.135 e. The van der Waals surface area contributed by atoms with Gasteiger partial charge in [-0.05, 0) is 131 Å². The average Bonchev–Trinajstić information content (AvgIpc) is 2.43. The van der Waals surface area contributed by atoms with Crippen molar-refractivity contribution in [3.8, 4) is 86.2 Å². The third-order valence-corrected chi connectivity index (χ3v) is 16.4. The molecule has 0 N–H and O–H groups in total. The van der Waals surface area contributed by atoms with Crippen molar-refractivity contribution in [1.82, 2.24) is 9.13 Å². The molecule has 86 heavy (non-hydrogen) atoms. The van der Waals surface area contributed by atoms with E-state index in [9.17, 15) is 26.3 Å². The Hall–Kier alpha value is -12.7. The van der Waals surface area contributed by atoms with Gasteiger partial charge in [0.2, 0.25) is 0 Å². The molecule has 4 aromatic heterocycles. The van der Waals surface area contributed by atoms with Gasteiger partial charge in [0.25, 0.3) is 0 Å². The Kier molecular flexibility index (Phi) is 11.9. The van der Waals surface area contributed by atoms with Crippen LogP contribution in [0.5, 0.6) is 0 Å². The van der Waals surface area contributed by atoms with E-state index in [4.69, 9.17) is 8.83 Å². The summed E-state index contributed by atoms with van der Waals surface area (Å²) in [4.78, 5) is 0. The van der Waals surface area contributed by atoms with Crippen molar-refractivity contribution in [1.29, 1.82) is 26.3 Å². The predicted octanol–water partition coefficient (Wildman–Crippen LogP) is 19.4. The number of rotatable bonds is 6. The first-order valence-corrected chi connectivity index (χ1v) is 27.8. The van der Waals surface area contributed by atoms with Gasteiger partial charge >= 0.3 is 0 Å². The van der Waals surface area contributed by atoms with Crippen LogP contribution in [0.3, 0.4) is 0 Å². The van der Waals surface area contributed by atoms with E-state index in [1.54, 1.807) is 18.2 Å². The summed E-state index contributed by atoms with van der Waals surface area (Å²) in [5.41, 5.74) is 18.0. The fraction of sp³-hybridized carbons (Fsp3) is 0.